The van der Waals surface area contributed by atoms with Crippen LogP contribution < -0.4 is 0 Å². The zero-order valence-electron chi connectivity index (χ0n) is 21.8. The van der Waals surface area contributed by atoms with Crippen molar-refractivity contribution in [1.82, 2.24) is 9.88 Å². The van der Waals surface area contributed by atoms with E-state index in [1.807, 2.05) is 47.0 Å². The summed E-state index contributed by atoms with van der Waals surface area (Å²) in [7, 11) is 0. The number of carbonyl (C=O) groups excluding carboxylic acids is 1. The standard InChI is InChI=1S/C34H32N2O2S/c37-34(38-23-25-12-4-1-5-13-25)36-21-20-31(39-24-26-14-6-2-7-15-26)29(22-36)32-28-18-10-11-19-30(28)35-33(32)27-16-8-3-9-17-27/h1-19,29,31,35H,20-24H2/t29-,31-/m1/s1. The van der Waals surface area contributed by atoms with Crippen molar-refractivity contribution in [3.63, 3.8) is 0 Å². The molecule has 4 aromatic carbocycles. The third-order valence-corrected chi connectivity index (χ3v) is 8.99. The summed E-state index contributed by atoms with van der Waals surface area (Å²) in [4.78, 5) is 18.9. The molecule has 0 saturated carbocycles. The molecule has 1 aliphatic rings. The average molecular weight is 533 g/mol. The van der Waals surface area contributed by atoms with E-state index in [0.29, 0.717) is 18.3 Å². The third-order valence-electron chi connectivity index (χ3n) is 7.50. The number of hydrogen-bond acceptors (Lipinski definition) is 3. The van der Waals surface area contributed by atoms with Gasteiger partial charge in [0.05, 0.1) is 5.69 Å². The number of thioether (sulfide) groups is 1. The number of piperidine rings is 1. The molecule has 0 spiro atoms. The summed E-state index contributed by atoms with van der Waals surface area (Å²) in [6, 6.07) is 39.6. The number of aromatic nitrogens is 1. The van der Waals surface area contributed by atoms with Gasteiger partial charge in [-0.3, -0.25) is 0 Å². The molecular formula is C34H32N2O2S. The molecule has 0 aliphatic carbocycles. The molecule has 1 aromatic heterocycles. The molecule has 6 rings (SSSR count). The molecule has 0 radical (unpaired) electrons. The van der Waals surface area contributed by atoms with Crippen molar-refractivity contribution in [2.75, 3.05) is 13.1 Å². The maximum atomic E-state index is 13.3. The van der Waals surface area contributed by atoms with Crippen LogP contribution in [0.3, 0.4) is 0 Å². The molecule has 1 amide bonds. The molecule has 1 N–H and O–H groups in total. The number of nitrogens with zero attached hydrogens (tertiary/aromatic N) is 1. The molecule has 2 heterocycles. The van der Waals surface area contributed by atoms with Gasteiger partial charge in [-0.2, -0.15) is 11.8 Å². The molecule has 196 valence electrons. The third kappa shape index (κ3) is 5.74. The number of benzene rings is 4. The summed E-state index contributed by atoms with van der Waals surface area (Å²) in [5, 5.41) is 1.59. The molecule has 39 heavy (non-hydrogen) atoms. The first kappa shape index (κ1) is 25.3. The second-order valence-corrected chi connectivity index (χ2v) is 11.3. The molecular weight excluding hydrogens is 500 g/mol. The van der Waals surface area contributed by atoms with Gasteiger partial charge in [0.2, 0.25) is 0 Å². The van der Waals surface area contributed by atoms with Crippen LogP contribution in [0.25, 0.3) is 22.2 Å². The first-order valence-corrected chi connectivity index (χ1v) is 14.6. The Hall–Kier alpha value is -3.96. The fourth-order valence-corrected chi connectivity index (χ4v) is 6.87. The number of fused-ring (bicyclic) bond motifs is 1. The van der Waals surface area contributed by atoms with Gasteiger partial charge in [-0.25, -0.2) is 4.79 Å². The maximum Gasteiger partial charge on any atom is 0.410 e. The predicted molar refractivity (Wildman–Crippen MR) is 161 cm³/mol. The Labute approximate surface area is 234 Å². The Morgan fingerprint density at radius 1 is 0.821 bits per heavy atom. The summed E-state index contributed by atoms with van der Waals surface area (Å²) in [6.45, 7) is 1.61. The van der Waals surface area contributed by atoms with Crippen LogP contribution in [0.4, 0.5) is 4.79 Å². The van der Waals surface area contributed by atoms with E-state index in [0.717, 1.165) is 28.9 Å². The van der Waals surface area contributed by atoms with E-state index in [-0.39, 0.29) is 18.6 Å². The number of likely N-dealkylation sites (tertiary alicyclic amines) is 1. The second kappa shape index (κ2) is 11.8. The molecule has 1 fully saturated rings. The van der Waals surface area contributed by atoms with Crippen LogP contribution in [0.1, 0.15) is 29.0 Å². The maximum absolute atomic E-state index is 13.3. The zero-order chi connectivity index (χ0) is 26.4. The summed E-state index contributed by atoms with van der Waals surface area (Å²) in [5.74, 6) is 1.10. The number of aromatic amines is 1. The van der Waals surface area contributed by atoms with Crippen LogP contribution in [0.5, 0.6) is 0 Å². The molecule has 4 nitrogen and oxygen atoms in total. The minimum Gasteiger partial charge on any atom is -0.445 e. The molecule has 5 aromatic rings. The number of ether oxygens (including phenoxy) is 1. The van der Waals surface area contributed by atoms with E-state index >= 15 is 0 Å². The number of hydrogen-bond donors (Lipinski definition) is 1. The number of H-pyrrole nitrogens is 1. The summed E-state index contributed by atoms with van der Waals surface area (Å²) in [6.07, 6.45) is 0.674. The van der Waals surface area contributed by atoms with Gasteiger partial charge >= 0.3 is 6.09 Å². The highest BCUT2D eigenvalue weighted by Gasteiger charge is 2.36. The van der Waals surface area contributed by atoms with Crippen molar-refractivity contribution < 1.29 is 9.53 Å². The van der Waals surface area contributed by atoms with E-state index < -0.39 is 0 Å². The second-order valence-electron chi connectivity index (χ2n) is 10.0. The highest BCUT2D eigenvalue weighted by atomic mass is 32.2. The number of nitrogens with one attached hydrogen (secondary N) is 1. The number of amides is 1. The Bertz CT molecular complexity index is 1520. The van der Waals surface area contributed by atoms with E-state index in [4.69, 9.17) is 4.74 Å². The Morgan fingerprint density at radius 2 is 1.46 bits per heavy atom. The summed E-state index contributed by atoms with van der Waals surface area (Å²) >= 11 is 2.00. The SMILES string of the molecule is O=C(OCc1ccccc1)N1CC[C@@H](SCc2ccccc2)[C@H](c2c(-c3ccccc3)[nH]c3ccccc23)C1. The minimum absolute atomic E-state index is 0.156. The number of carbonyl (C=O) groups is 1. The normalized spacial score (nSPS) is 17.3. The molecule has 0 unspecified atom stereocenters. The highest BCUT2D eigenvalue weighted by molar-refractivity contribution is 7.99. The average Bonchev–Trinajstić information content (AvgIpc) is 3.40. The number of para-hydroxylation sites is 1. The van der Waals surface area contributed by atoms with E-state index in [2.05, 4.69) is 89.9 Å². The first-order chi connectivity index (χ1) is 19.3. The van der Waals surface area contributed by atoms with Crippen molar-refractivity contribution >= 4 is 28.8 Å². The van der Waals surface area contributed by atoms with Gasteiger partial charge in [-0.05, 0) is 34.7 Å². The van der Waals surface area contributed by atoms with Crippen LogP contribution in [-0.4, -0.2) is 34.3 Å². The van der Waals surface area contributed by atoms with E-state index in [9.17, 15) is 4.79 Å². The predicted octanol–water partition coefficient (Wildman–Crippen LogP) is 8.26. The smallest absolute Gasteiger partial charge is 0.410 e. The van der Waals surface area contributed by atoms with Crippen molar-refractivity contribution in [2.45, 2.75) is 29.9 Å². The van der Waals surface area contributed by atoms with Crippen LogP contribution in [0, 0.1) is 0 Å². The monoisotopic (exact) mass is 532 g/mol. The largest absolute Gasteiger partial charge is 0.445 e. The van der Waals surface area contributed by atoms with Gasteiger partial charge < -0.3 is 14.6 Å². The van der Waals surface area contributed by atoms with Crippen LogP contribution in [0.2, 0.25) is 0 Å². The van der Waals surface area contributed by atoms with E-state index in [1.165, 1.54) is 22.1 Å². The molecule has 5 heteroatoms. The van der Waals surface area contributed by atoms with Crippen molar-refractivity contribution in [3.8, 4) is 11.3 Å². The Morgan fingerprint density at radius 3 is 2.21 bits per heavy atom. The summed E-state index contributed by atoms with van der Waals surface area (Å²) in [5.41, 5.74) is 7.06. The lowest BCUT2D eigenvalue weighted by Crippen LogP contribution is -2.44. The molecule has 1 saturated heterocycles. The Kier molecular flexibility index (Phi) is 7.68. The highest BCUT2D eigenvalue weighted by Crippen LogP contribution is 2.44. The number of rotatable bonds is 7. The van der Waals surface area contributed by atoms with Gasteiger partial charge in [0.25, 0.3) is 0 Å². The quantitative estimate of drug-likeness (QED) is 0.229. The molecule has 0 bridgehead atoms. The minimum atomic E-state index is -0.239. The van der Waals surface area contributed by atoms with Gasteiger partial charge in [-0.15, -0.1) is 0 Å². The lowest BCUT2D eigenvalue weighted by Gasteiger charge is -2.38. The lowest BCUT2D eigenvalue weighted by molar-refractivity contribution is 0.0868. The Balaban J connectivity index is 1.33. The first-order valence-electron chi connectivity index (χ1n) is 13.5. The van der Waals surface area contributed by atoms with Crippen molar-refractivity contribution in [3.05, 3.63) is 132 Å². The fourth-order valence-electron chi connectivity index (χ4n) is 5.54. The molecule has 1 aliphatic heterocycles. The fraction of sp³-hybridized carbons (Fsp3) is 0.206. The van der Waals surface area contributed by atoms with E-state index in [1.54, 1.807) is 0 Å². The van der Waals surface area contributed by atoms with Crippen molar-refractivity contribution in [2.24, 2.45) is 0 Å². The van der Waals surface area contributed by atoms with Gasteiger partial charge in [0.15, 0.2) is 0 Å². The van der Waals surface area contributed by atoms with Crippen LogP contribution >= 0.6 is 11.8 Å². The summed E-state index contributed by atoms with van der Waals surface area (Å²) < 4.78 is 5.77. The van der Waals surface area contributed by atoms with Gasteiger partial charge in [-0.1, -0.05) is 109 Å². The topological polar surface area (TPSA) is 45.3 Å². The van der Waals surface area contributed by atoms with Crippen LogP contribution in [-0.2, 0) is 17.1 Å². The van der Waals surface area contributed by atoms with Gasteiger partial charge in [0, 0.05) is 40.9 Å². The van der Waals surface area contributed by atoms with Crippen molar-refractivity contribution in [1.29, 1.82) is 0 Å². The molecule has 2 atom stereocenters. The lowest BCUT2D eigenvalue weighted by atomic mass is 9.86. The zero-order valence-corrected chi connectivity index (χ0v) is 22.6. The van der Waals surface area contributed by atoms with Crippen LogP contribution in [0.15, 0.2) is 115 Å². The van der Waals surface area contributed by atoms with Gasteiger partial charge in [0.1, 0.15) is 6.61 Å².